The molecule has 1 amide bonds. The van der Waals surface area contributed by atoms with Gasteiger partial charge in [-0.1, -0.05) is 48.5 Å². The second-order valence-electron chi connectivity index (χ2n) is 17.2. The van der Waals surface area contributed by atoms with Gasteiger partial charge in [0.15, 0.2) is 6.79 Å². The normalized spacial score (nSPS) is 11.2. The molecule has 4 aromatic carbocycles. The monoisotopic (exact) mass is 1080 g/mol. The minimum Gasteiger partial charge on any atom is -0.497 e. The van der Waals surface area contributed by atoms with Crippen LogP contribution >= 0.6 is 12.4 Å². The number of nitrogens with zero attached hydrogens (tertiary/aromatic N) is 7. The van der Waals surface area contributed by atoms with Gasteiger partial charge in [0.25, 0.3) is 6.47 Å². The number of sulfonamides is 2. The number of ether oxygens (including phenoxy) is 5. The van der Waals surface area contributed by atoms with Gasteiger partial charge in [0, 0.05) is 84.9 Å². The summed E-state index contributed by atoms with van der Waals surface area (Å²) in [6.45, 7) is 8.72. The Morgan fingerprint density at radius 1 is 0.662 bits per heavy atom. The van der Waals surface area contributed by atoms with Gasteiger partial charge in [0.1, 0.15) is 18.1 Å². The van der Waals surface area contributed by atoms with Crippen LogP contribution in [0.3, 0.4) is 0 Å². The SMILES string of the molecule is CNCc1ccc(-c2cn(C)cn2)cc1.COc1cc(C)c(S(=O)(=O)N(C)CCOCC(=O)N(C)Cc2ccc(-c3cn(C)cn3)cc2)c(C)c1.COc1cc(C)c(S(=O)(=O)N(C)CCOCOC=O)c(C)c1.Cl. The van der Waals surface area contributed by atoms with E-state index in [0.29, 0.717) is 40.3 Å². The predicted octanol–water partition coefficient (Wildman–Crippen LogP) is 6.32. The Morgan fingerprint density at radius 3 is 1.43 bits per heavy atom. The number of rotatable bonds is 23. The van der Waals surface area contributed by atoms with Crippen molar-refractivity contribution in [2.45, 2.75) is 50.6 Å². The van der Waals surface area contributed by atoms with E-state index in [0.717, 1.165) is 34.6 Å². The molecule has 0 fully saturated rings. The first kappa shape index (κ1) is 62.1. The molecule has 0 aliphatic rings. The highest BCUT2D eigenvalue weighted by Crippen LogP contribution is 2.29. The maximum Gasteiger partial charge on any atom is 0.295 e. The summed E-state index contributed by atoms with van der Waals surface area (Å²) < 4.78 is 82.9. The van der Waals surface area contributed by atoms with Gasteiger partial charge in [0.05, 0.1) is 61.3 Å². The molecule has 0 radical (unpaired) electrons. The van der Waals surface area contributed by atoms with E-state index in [2.05, 4.69) is 44.3 Å². The second kappa shape index (κ2) is 29.7. The fourth-order valence-corrected chi connectivity index (χ4v) is 10.6. The van der Waals surface area contributed by atoms with Crippen LogP contribution < -0.4 is 14.8 Å². The zero-order valence-electron chi connectivity index (χ0n) is 44.3. The first-order valence-electron chi connectivity index (χ1n) is 23.1. The molecular weight excluding hydrogens is 1010 g/mol. The second-order valence-corrected chi connectivity index (χ2v) is 21.2. The minimum absolute atomic E-state index is 0. The highest BCUT2D eigenvalue weighted by molar-refractivity contribution is 7.89. The third-order valence-electron chi connectivity index (χ3n) is 11.4. The summed E-state index contributed by atoms with van der Waals surface area (Å²) in [6.07, 6.45) is 7.54. The van der Waals surface area contributed by atoms with Crippen LogP contribution in [-0.2, 0) is 71.0 Å². The minimum atomic E-state index is -3.71. The summed E-state index contributed by atoms with van der Waals surface area (Å²) in [5.41, 5.74) is 8.83. The number of carbonyl (C=O) groups excluding carboxylic acids is 2. The molecule has 0 saturated heterocycles. The van der Waals surface area contributed by atoms with Gasteiger partial charge < -0.3 is 43.0 Å². The van der Waals surface area contributed by atoms with Crippen molar-refractivity contribution < 1.29 is 50.1 Å². The number of methoxy groups -OCH3 is 2. The molecule has 0 bridgehead atoms. The molecular formula is C52H71ClN8O11S2. The number of amides is 1. The summed E-state index contributed by atoms with van der Waals surface area (Å²) in [5.74, 6) is 1.05. The molecule has 0 spiro atoms. The topological polar surface area (TPSA) is 206 Å². The number of nitrogens with one attached hydrogen (secondary N) is 1. The Labute approximate surface area is 442 Å². The highest BCUT2D eigenvalue weighted by atomic mass is 35.5. The van der Waals surface area contributed by atoms with E-state index in [1.165, 1.54) is 35.4 Å². The number of aryl methyl sites for hydroxylation is 6. The molecule has 74 heavy (non-hydrogen) atoms. The molecule has 6 aromatic rings. The molecule has 404 valence electrons. The fourth-order valence-electron chi connectivity index (χ4n) is 7.48. The van der Waals surface area contributed by atoms with E-state index in [1.807, 2.05) is 73.3 Å². The van der Waals surface area contributed by atoms with Crippen molar-refractivity contribution in [1.29, 1.82) is 0 Å². The predicted molar refractivity (Wildman–Crippen MR) is 287 cm³/mol. The molecule has 2 aromatic heterocycles. The van der Waals surface area contributed by atoms with Crippen LogP contribution in [0.4, 0.5) is 0 Å². The number of imidazole rings is 2. The van der Waals surface area contributed by atoms with Gasteiger partial charge in [-0.25, -0.2) is 26.8 Å². The van der Waals surface area contributed by atoms with Gasteiger partial charge in [-0.2, -0.15) is 8.61 Å². The molecule has 0 aliphatic heterocycles. The summed E-state index contributed by atoms with van der Waals surface area (Å²) in [7, 11) is 6.29. The molecule has 22 heteroatoms. The van der Waals surface area contributed by atoms with Crippen molar-refractivity contribution in [3.8, 4) is 34.0 Å². The van der Waals surface area contributed by atoms with E-state index >= 15 is 0 Å². The number of benzene rings is 4. The molecule has 0 unspecified atom stereocenters. The molecule has 2 heterocycles. The number of likely N-dealkylation sites (N-methyl/N-ethyl adjacent to an activating group) is 3. The van der Waals surface area contributed by atoms with Crippen molar-refractivity contribution in [3.05, 3.63) is 131 Å². The lowest BCUT2D eigenvalue weighted by Crippen LogP contribution is -2.33. The molecule has 0 atom stereocenters. The average Bonchev–Trinajstić information content (AvgIpc) is 4.00. The van der Waals surface area contributed by atoms with Crippen LogP contribution in [-0.4, -0.2) is 144 Å². The van der Waals surface area contributed by atoms with Crippen LogP contribution in [0.25, 0.3) is 22.5 Å². The third-order valence-corrected chi connectivity index (χ3v) is 15.7. The quantitative estimate of drug-likeness (QED) is 0.0424. The molecule has 0 aliphatic carbocycles. The first-order chi connectivity index (χ1) is 34.7. The summed E-state index contributed by atoms with van der Waals surface area (Å²) >= 11 is 0. The maximum absolute atomic E-state index is 13.1. The van der Waals surface area contributed by atoms with Gasteiger partial charge in [0.2, 0.25) is 26.0 Å². The smallest absolute Gasteiger partial charge is 0.295 e. The number of hydrogen-bond acceptors (Lipinski definition) is 14. The zero-order chi connectivity index (χ0) is 53.9. The lowest BCUT2D eigenvalue weighted by molar-refractivity contribution is -0.140. The molecule has 19 nitrogen and oxygen atoms in total. The van der Waals surface area contributed by atoms with E-state index in [4.69, 9.17) is 18.9 Å². The van der Waals surface area contributed by atoms with Crippen LogP contribution in [0, 0.1) is 27.7 Å². The van der Waals surface area contributed by atoms with Gasteiger partial charge in [-0.05, 0) is 92.4 Å². The van der Waals surface area contributed by atoms with E-state index < -0.39 is 20.0 Å². The summed E-state index contributed by atoms with van der Waals surface area (Å²) in [6, 6.07) is 23.1. The Hall–Kier alpha value is -6.17. The van der Waals surface area contributed by atoms with Gasteiger partial charge in [-0.15, -0.1) is 12.4 Å². The third kappa shape index (κ3) is 17.8. The highest BCUT2D eigenvalue weighted by Gasteiger charge is 2.27. The zero-order valence-corrected chi connectivity index (χ0v) is 46.8. The van der Waals surface area contributed by atoms with Crippen molar-refractivity contribution in [3.63, 3.8) is 0 Å². The summed E-state index contributed by atoms with van der Waals surface area (Å²) in [4.78, 5) is 33.2. The number of carbonyl (C=O) groups is 2. The Bertz CT molecular complexity index is 2900. The van der Waals surface area contributed by atoms with E-state index in [-0.39, 0.29) is 74.3 Å². The van der Waals surface area contributed by atoms with Gasteiger partial charge in [-0.3, -0.25) is 9.59 Å². The van der Waals surface area contributed by atoms with Crippen LogP contribution in [0.5, 0.6) is 11.5 Å². The Kier molecular flexibility index (Phi) is 24.9. The Balaban J connectivity index is 0.000000322. The number of aromatic nitrogens is 4. The maximum atomic E-state index is 13.1. The van der Waals surface area contributed by atoms with Crippen molar-refractivity contribution >= 4 is 44.8 Å². The molecule has 6 rings (SSSR count). The van der Waals surface area contributed by atoms with Crippen LogP contribution in [0.2, 0.25) is 0 Å². The average molecular weight is 1080 g/mol. The van der Waals surface area contributed by atoms with Crippen LogP contribution in [0.1, 0.15) is 33.4 Å². The largest absolute Gasteiger partial charge is 0.497 e. The standard InChI is InChI=1S/C26H34N4O5S.C14H21NO6S.C12H15N3.ClH/c1-19-13-23(34-6)14-20(2)26(19)36(32,33)30(5)11-12-35-17-25(31)29(4)15-21-7-9-22(10-8-21)24-16-28(3)18-27-24;1-11-7-13(19-4)8-12(2)14(11)22(17,18)15(3)5-6-20-10-21-9-16;1-13-7-10-3-5-11(6-4-10)12-8-15(2)9-14-12;/h7-10,13-14,16,18H,11-12,15,17H2,1-6H3;7-9H,5-6,10H2,1-4H3;3-6,8-9,13H,7H2,1-2H3;1H. The van der Waals surface area contributed by atoms with Crippen molar-refractivity contribution in [1.82, 2.24) is 37.9 Å². The Morgan fingerprint density at radius 2 is 1.07 bits per heavy atom. The fraction of sp³-hybridized carbons (Fsp3) is 0.385. The van der Waals surface area contributed by atoms with Gasteiger partial charge >= 0.3 is 0 Å². The first-order valence-corrected chi connectivity index (χ1v) is 26.0. The summed E-state index contributed by atoms with van der Waals surface area (Å²) in [5, 5.41) is 3.13. The number of hydrogen-bond donors (Lipinski definition) is 1. The van der Waals surface area contributed by atoms with E-state index in [1.54, 1.807) is 77.3 Å². The van der Waals surface area contributed by atoms with E-state index in [9.17, 15) is 26.4 Å². The lowest BCUT2D eigenvalue weighted by Gasteiger charge is -2.21. The molecule has 0 saturated carbocycles. The lowest BCUT2D eigenvalue weighted by atomic mass is 10.1. The van der Waals surface area contributed by atoms with Crippen LogP contribution in [0.15, 0.2) is 108 Å². The van der Waals surface area contributed by atoms with Crippen molar-refractivity contribution in [2.75, 3.05) is 82.1 Å². The molecule has 1 N–H and O–H groups in total. The van der Waals surface area contributed by atoms with Crippen molar-refractivity contribution in [2.24, 2.45) is 14.1 Å². The number of halogens is 1.